The Morgan fingerprint density at radius 2 is 1.88 bits per heavy atom. The van der Waals surface area contributed by atoms with Crippen LogP contribution in [0.25, 0.3) is 0 Å². The maximum atomic E-state index is 6.00. The summed E-state index contributed by atoms with van der Waals surface area (Å²) in [5.74, 6) is 0. The van der Waals surface area contributed by atoms with Gasteiger partial charge in [-0.1, -0.05) is 18.2 Å². The van der Waals surface area contributed by atoms with Crippen LogP contribution < -0.4 is 5.73 Å². The molecule has 1 aliphatic rings. The first-order chi connectivity index (χ1) is 8.15. The third-order valence-electron chi connectivity index (χ3n) is 4.14. The summed E-state index contributed by atoms with van der Waals surface area (Å²) in [5, 5.41) is 0. The number of benzene rings is 1. The lowest BCUT2D eigenvalue weighted by Gasteiger charge is -2.36. The van der Waals surface area contributed by atoms with Crippen LogP contribution in [-0.4, -0.2) is 19.8 Å². The van der Waals surface area contributed by atoms with Crippen LogP contribution >= 0.6 is 0 Å². The van der Waals surface area contributed by atoms with Gasteiger partial charge in [0.25, 0.3) is 0 Å². The molecule has 1 heterocycles. The predicted octanol–water partition coefficient (Wildman–Crippen LogP) is 2.60. The van der Waals surface area contributed by atoms with E-state index in [-0.39, 0.29) is 5.41 Å². The third-order valence-corrected chi connectivity index (χ3v) is 4.14. The molecule has 2 rings (SSSR count). The van der Waals surface area contributed by atoms with E-state index in [0.717, 1.165) is 39.0 Å². The van der Waals surface area contributed by atoms with Crippen LogP contribution in [0.1, 0.15) is 29.5 Å². The fourth-order valence-corrected chi connectivity index (χ4v) is 2.60. The maximum Gasteiger partial charge on any atom is 0.0471 e. The van der Waals surface area contributed by atoms with Gasteiger partial charge in [-0.2, -0.15) is 0 Å². The van der Waals surface area contributed by atoms with E-state index in [1.165, 1.54) is 16.7 Å². The van der Waals surface area contributed by atoms with E-state index >= 15 is 0 Å². The molecule has 0 unspecified atom stereocenters. The highest BCUT2D eigenvalue weighted by molar-refractivity contribution is 5.30. The van der Waals surface area contributed by atoms with E-state index in [1.54, 1.807) is 0 Å². The van der Waals surface area contributed by atoms with Crippen LogP contribution in [0, 0.1) is 19.3 Å². The molecule has 0 atom stereocenters. The van der Waals surface area contributed by atoms with Crippen LogP contribution in [0.15, 0.2) is 18.2 Å². The Bertz CT molecular complexity index is 381. The molecule has 1 aliphatic heterocycles. The molecule has 0 bridgehead atoms. The van der Waals surface area contributed by atoms with Crippen molar-refractivity contribution in [2.45, 2.75) is 33.1 Å². The van der Waals surface area contributed by atoms with E-state index in [1.807, 2.05) is 0 Å². The van der Waals surface area contributed by atoms with Crippen molar-refractivity contribution in [3.63, 3.8) is 0 Å². The fourth-order valence-electron chi connectivity index (χ4n) is 2.60. The number of ether oxygens (including phenoxy) is 1. The molecule has 0 saturated carbocycles. The van der Waals surface area contributed by atoms with Crippen molar-refractivity contribution in [1.29, 1.82) is 0 Å². The number of aryl methyl sites for hydroxylation is 2. The molecule has 17 heavy (non-hydrogen) atoms. The Balaban J connectivity index is 2.14. The number of hydrogen-bond acceptors (Lipinski definition) is 2. The molecule has 0 spiro atoms. The first-order valence-corrected chi connectivity index (χ1v) is 6.49. The molecule has 0 aliphatic carbocycles. The highest BCUT2D eigenvalue weighted by atomic mass is 16.5. The SMILES string of the molecule is Cc1ccc(CC2(CN)CCOCC2)cc1C. The quantitative estimate of drug-likeness (QED) is 0.871. The Labute approximate surface area is 104 Å². The summed E-state index contributed by atoms with van der Waals surface area (Å²) >= 11 is 0. The molecule has 0 amide bonds. The molecule has 1 fully saturated rings. The molecule has 2 heteroatoms. The van der Waals surface area contributed by atoms with Crippen molar-refractivity contribution in [1.82, 2.24) is 0 Å². The molecular weight excluding hydrogens is 210 g/mol. The summed E-state index contributed by atoms with van der Waals surface area (Å²) in [6.07, 6.45) is 3.28. The smallest absolute Gasteiger partial charge is 0.0471 e. The van der Waals surface area contributed by atoms with Gasteiger partial charge in [0.05, 0.1) is 0 Å². The lowest BCUT2D eigenvalue weighted by Crippen LogP contribution is -2.38. The zero-order valence-corrected chi connectivity index (χ0v) is 11.0. The van der Waals surface area contributed by atoms with Gasteiger partial charge in [0.2, 0.25) is 0 Å². The fraction of sp³-hybridized carbons (Fsp3) is 0.600. The minimum absolute atomic E-state index is 0.264. The van der Waals surface area contributed by atoms with Gasteiger partial charge in [-0.25, -0.2) is 0 Å². The van der Waals surface area contributed by atoms with Crippen molar-refractivity contribution < 1.29 is 4.74 Å². The molecule has 1 aromatic carbocycles. The van der Waals surface area contributed by atoms with Gasteiger partial charge in [-0.05, 0) is 61.8 Å². The summed E-state index contributed by atoms with van der Waals surface area (Å²) < 4.78 is 5.45. The zero-order valence-electron chi connectivity index (χ0n) is 11.0. The van der Waals surface area contributed by atoms with Crippen molar-refractivity contribution in [2.24, 2.45) is 11.1 Å². The van der Waals surface area contributed by atoms with E-state index < -0.39 is 0 Å². The van der Waals surface area contributed by atoms with E-state index in [4.69, 9.17) is 10.5 Å². The lowest BCUT2D eigenvalue weighted by molar-refractivity contribution is 0.0191. The van der Waals surface area contributed by atoms with Crippen molar-refractivity contribution in [3.05, 3.63) is 34.9 Å². The average molecular weight is 233 g/mol. The van der Waals surface area contributed by atoms with Crippen molar-refractivity contribution in [3.8, 4) is 0 Å². The first kappa shape index (κ1) is 12.6. The topological polar surface area (TPSA) is 35.2 Å². The molecule has 94 valence electrons. The largest absolute Gasteiger partial charge is 0.381 e. The first-order valence-electron chi connectivity index (χ1n) is 6.49. The summed E-state index contributed by atoms with van der Waals surface area (Å²) in [4.78, 5) is 0. The Hall–Kier alpha value is -0.860. The second-order valence-corrected chi connectivity index (χ2v) is 5.41. The van der Waals surface area contributed by atoms with Gasteiger partial charge >= 0.3 is 0 Å². The number of nitrogens with two attached hydrogens (primary N) is 1. The third kappa shape index (κ3) is 2.88. The minimum Gasteiger partial charge on any atom is -0.381 e. The predicted molar refractivity (Wildman–Crippen MR) is 71.2 cm³/mol. The molecule has 1 aromatic rings. The van der Waals surface area contributed by atoms with E-state index in [2.05, 4.69) is 32.0 Å². The van der Waals surface area contributed by atoms with Crippen LogP contribution in [0.3, 0.4) is 0 Å². The molecule has 2 N–H and O–H groups in total. The second kappa shape index (κ2) is 5.19. The summed E-state index contributed by atoms with van der Waals surface area (Å²) in [5.41, 5.74) is 10.4. The van der Waals surface area contributed by atoms with Crippen LogP contribution in [-0.2, 0) is 11.2 Å². The van der Waals surface area contributed by atoms with Crippen LogP contribution in [0.4, 0.5) is 0 Å². The molecule has 1 saturated heterocycles. The van der Waals surface area contributed by atoms with Crippen molar-refractivity contribution in [2.75, 3.05) is 19.8 Å². The maximum absolute atomic E-state index is 6.00. The highest BCUT2D eigenvalue weighted by Gasteiger charge is 2.31. The standard InChI is InChI=1S/C15H23NO/c1-12-3-4-14(9-13(12)2)10-15(11-16)5-7-17-8-6-15/h3-4,9H,5-8,10-11,16H2,1-2H3. The Morgan fingerprint density at radius 1 is 1.18 bits per heavy atom. The molecular formula is C15H23NO. The minimum atomic E-state index is 0.264. The normalized spacial score (nSPS) is 19.2. The number of rotatable bonds is 3. The van der Waals surface area contributed by atoms with E-state index in [9.17, 15) is 0 Å². The molecule has 2 nitrogen and oxygen atoms in total. The van der Waals surface area contributed by atoms with Gasteiger partial charge in [0, 0.05) is 13.2 Å². The van der Waals surface area contributed by atoms with Gasteiger partial charge < -0.3 is 10.5 Å². The Kier molecular flexibility index (Phi) is 3.85. The highest BCUT2D eigenvalue weighted by Crippen LogP contribution is 2.33. The van der Waals surface area contributed by atoms with Crippen LogP contribution in [0.5, 0.6) is 0 Å². The summed E-state index contributed by atoms with van der Waals surface area (Å²) in [6.45, 7) is 6.83. The summed E-state index contributed by atoms with van der Waals surface area (Å²) in [7, 11) is 0. The summed E-state index contributed by atoms with van der Waals surface area (Å²) in [6, 6.07) is 6.77. The monoisotopic (exact) mass is 233 g/mol. The second-order valence-electron chi connectivity index (χ2n) is 5.41. The van der Waals surface area contributed by atoms with Gasteiger partial charge in [0.15, 0.2) is 0 Å². The van der Waals surface area contributed by atoms with Crippen LogP contribution in [0.2, 0.25) is 0 Å². The van der Waals surface area contributed by atoms with Gasteiger partial charge in [0.1, 0.15) is 0 Å². The zero-order chi connectivity index (χ0) is 12.3. The molecule has 0 radical (unpaired) electrons. The average Bonchev–Trinajstić information content (AvgIpc) is 2.35. The van der Waals surface area contributed by atoms with E-state index in [0.29, 0.717) is 0 Å². The van der Waals surface area contributed by atoms with Gasteiger partial charge in [-0.3, -0.25) is 0 Å². The Morgan fingerprint density at radius 3 is 2.47 bits per heavy atom. The molecule has 0 aromatic heterocycles. The van der Waals surface area contributed by atoms with Gasteiger partial charge in [-0.15, -0.1) is 0 Å². The number of hydrogen-bond donors (Lipinski definition) is 1. The van der Waals surface area contributed by atoms with Crippen molar-refractivity contribution >= 4 is 0 Å². The lowest BCUT2D eigenvalue weighted by atomic mass is 9.75.